The number of nitrogens with zero attached hydrogens (tertiary/aromatic N) is 2. The fraction of sp³-hybridized carbons (Fsp3) is 0.0500. The minimum absolute atomic E-state index is 0.333. The number of thiazole rings is 1. The van der Waals surface area contributed by atoms with Crippen LogP contribution >= 0.6 is 11.3 Å². The van der Waals surface area contributed by atoms with Crippen molar-refractivity contribution in [1.82, 2.24) is 4.98 Å². The van der Waals surface area contributed by atoms with Crippen LogP contribution in [0.3, 0.4) is 0 Å². The van der Waals surface area contributed by atoms with Crippen molar-refractivity contribution >= 4 is 33.7 Å². The number of nitrogens with one attached hydrogen (secondary N) is 1. The molecule has 0 bridgehead atoms. The molecular formula is C20H12F3N3O2S. The van der Waals surface area contributed by atoms with Gasteiger partial charge in [0.25, 0.3) is 0 Å². The van der Waals surface area contributed by atoms with Crippen molar-refractivity contribution in [3.63, 3.8) is 0 Å². The van der Waals surface area contributed by atoms with Gasteiger partial charge >= 0.3 is 11.8 Å². The molecule has 1 N–H and O–H groups in total. The standard InChI is InChI=1S/C20H12F3N3O2S/c21-20(22,23)14-7-5-12(6-8-14)10-24-26-19-25-16(11-29-19)15-9-13-3-1-2-4-17(13)28-18(15)27/h1-11H,(H,25,26)/b24-10+. The van der Waals surface area contributed by atoms with E-state index in [2.05, 4.69) is 15.5 Å². The molecule has 0 unspecified atom stereocenters. The number of hydrazone groups is 1. The molecule has 0 radical (unpaired) electrons. The summed E-state index contributed by atoms with van der Waals surface area (Å²) in [6.07, 6.45) is -2.99. The lowest BCUT2D eigenvalue weighted by Crippen LogP contribution is -2.04. The van der Waals surface area contributed by atoms with Crippen LogP contribution in [0.1, 0.15) is 11.1 Å². The smallest absolute Gasteiger partial charge is 0.416 e. The second kappa shape index (κ2) is 7.51. The van der Waals surface area contributed by atoms with Crippen molar-refractivity contribution in [2.45, 2.75) is 6.18 Å². The molecule has 2 aromatic heterocycles. The fourth-order valence-electron chi connectivity index (χ4n) is 2.61. The molecule has 2 aromatic carbocycles. The summed E-state index contributed by atoms with van der Waals surface area (Å²) in [7, 11) is 0. The number of hydrogen-bond donors (Lipinski definition) is 1. The van der Waals surface area contributed by atoms with Crippen molar-refractivity contribution in [3.05, 3.63) is 81.5 Å². The van der Waals surface area contributed by atoms with Gasteiger partial charge in [0.1, 0.15) is 5.58 Å². The fourth-order valence-corrected chi connectivity index (χ4v) is 3.27. The number of anilines is 1. The SMILES string of the molecule is O=c1oc2ccccc2cc1-c1csc(N/N=C/c2ccc(C(F)(F)F)cc2)n1. The Bertz CT molecular complexity index is 1240. The van der Waals surface area contributed by atoms with Crippen molar-refractivity contribution in [3.8, 4) is 11.3 Å². The molecule has 4 rings (SSSR count). The van der Waals surface area contributed by atoms with E-state index in [9.17, 15) is 18.0 Å². The van der Waals surface area contributed by atoms with Gasteiger partial charge in [-0.1, -0.05) is 30.3 Å². The average Bonchev–Trinajstić information content (AvgIpc) is 3.16. The van der Waals surface area contributed by atoms with Crippen molar-refractivity contribution in [1.29, 1.82) is 0 Å². The Morgan fingerprint density at radius 1 is 1.10 bits per heavy atom. The summed E-state index contributed by atoms with van der Waals surface area (Å²) < 4.78 is 43.0. The molecule has 29 heavy (non-hydrogen) atoms. The molecule has 0 fully saturated rings. The number of fused-ring (bicyclic) bond motifs is 1. The third kappa shape index (κ3) is 4.19. The molecular weight excluding hydrogens is 403 g/mol. The van der Waals surface area contributed by atoms with Gasteiger partial charge in [-0.25, -0.2) is 9.78 Å². The molecule has 0 aliphatic rings. The van der Waals surface area contributed by atoms with E-state index in [1.54, 1.807) is 23.6 Å². The zero-order valence-electron chi connectivity index (χ0n) is 14.6. The van der Waals surface area contributed by atoms with Crippen LogP contribution in [0.5, 0.6) is 0 Å². The molecule has 0 saturated carbocycles. The molecule has 0 aliphatic carbocycles. The number of benzene rings is 2. The van der Waals surface area contributed by atoms with Gasteiger partial charge in [-0.05, 0) is 29.8 Å². The molecule has 0 amide bonds. The normalized spacial score (nSPS) is 12.0. The predicted octanol–water partition coefficient (Wildman–Crippen LogP) is 5.38. The molecule has 0 spiro atoms. The summed E-state index contributed by atoms with van der Waals surface area (Å²) >= 11 is 1.23. The van der Waals surface area contributed by atoms with E-state index in [0.29, 0.717) is 27.5 Å². The third-order valence-electron chi connectivity index (χ3n) is 4.03. The largest absolute Gasteiger partial charge is 0.422 e. The first-order chi connectivity index (χ1) is 13.9. The third-order valence-corrected chi connectivity index (χ3v) is 4.78. The molecule has 2 heterocycles. The first kappa shape index (κ1) is 18.9. The van der Waals surface area contributed by atoms with Gasteiger partial charge in [0, 0.05) is 10.8 Å². The van der Waals surface area contributed by atoms with E-state index >= 15 is 0 Å². The molecule has 0 saturated heterocycles. The van der Waals surface area contributed by atoms with Gasteiger partial charge in [0.05, 0.1) is 23.0 Å². The summed E-state index contributed by atoms with van der Waals surface area (Å²) in [5.41, 5.74) is 3.27. The van der Waals surface area contributed by atoms with Gasteiger partial charge in [0.2, 0.25) is 5.13 Å². The van der Waals surface area contributed by atoms with Gasteiger partial charge in [0.15, 0.2) is 0 Å². The quantitative estimate of drug-likeness (QED) is 0.276. The highest BCUT2D eigenvalue weighted by Gasteiger charge is 2.29. The van der Waals surface area contributed by atoms with E-state index in [1.807, 2.05) is 12.1 Å². The van der Waals surface area contributed by atoms with Crippen LogP contribution < -0.4 is 11.1 Å². The highest BCUT2D eigenvalue weighted by molar-refractivity contribution is 7.14. The Kier molecular flexibility index (Phi) is 4.89. The second-order valence-electron chi connectivity index (χ2n) is 6.01. The number of rotatable bonds is 4. The summed E-state index contributed by atoms with van der Waals surface area (Å²) in [5, 5.41) is 6.87. The summed E-state index contributed by atoms with van der Waals surface area (Å²) in [5.74, 6) is 0. The molecule has 5 nitrogen and oxygen atoms in total. The minimum Gasteiger partial charge on any atom is -0.422 e. The zero-order chi connectivity index (χ0) is 20.4. The van der Waals surface area contributed by atoms with Crippen LogP contribution in [0, 0.1) is 0 Å². The highest BCUT2D eigenvalue weighted by atomic mass is 32.1. The van der Waals surface area contributed by atoms with Crippen molar-refractivity contribution in [2.75, 3.05) is 5.43 Å². The molecule has 4 aromatic rings. The van der Waals surface area contributed by atoms with E-state index in [-0.39, 0.29) is 0 Å². The summed E-state index contributed by atoms with van der Waals surface area (Å²) in [6.45, 7) is 0. The second-order valence-corrected chi connectivity index (χ2v) is 6.87. The summed E-state index contributed by atoms with van der Waals surface area (Å²) in [6, 6.07) is 13.5. The van der Waals surface area contributed by atoms with Crippen LogP contribution in [-0.2, 0) is 6.18 Å². The van der Waals surface area contributed by atoms with Crippen LogP contribution in [0.2, 0.25) is 0 Å². The maximum absolute atomic E-state index is 12.6. The minimum atomic E-state index is -4.37. The van der Waals surface area contributed by atoms with Crippen LogP contribution in [-0.4, -0.2) is 11.2 Å². The molecule has 9 heteroatoms. The number of para-hydroxylation sites is 1. The number of halogens is 3. The summed E-state index contributed by atoms with van der Waals surface area (Å²) in [4.78, 5) is 16.5. The Morgan fingerprint density at radius 2 is 1.86 bits per heavy atom. The highest BCUT2D eigenvalue weighted by Crippen LogP contribution is 2.29. The monoisotopic (exact) mass is 415 g/mol. The lowest BCUT2D eigenvalue weighted by atomic mass is 10.1. The maximum Gasteiger partial charge on any atom is 0.416 e. The van der Waals surface area contributed by atoms with E-state index in [4.69, 9.17) is 4.42 Å². The van der Waals surface area contributed by atoms with Gasteiger partial charge in [-0.15, -0.1) is 11.3 Å². The molecule has 146 valence electrons. The van der Waals surface area contributed by atoms with Gasteiger partial charge in [-0.2, -0.15) is 18.3 Å². The Hall–Kier alpha value is -3.46. The first-order valence-electron chi connectivity index (χ1n) is 8.35. The Morgan fingerprint density at radius 3 is 2.62 bits per heavy atom. The van der Waals surface area contributed by atoms with E-state index < -0.39 is 17.4 Å². The number of alkyl halides is 3. The maximum atomic E-state index is 12.6. The van der Waals surface area contributed by atoms with Crippen LogP contribution in [0.25, 0.3) is 22.2 Å². The van der Waals surface area contributed by atoms with E-state index in [0.717, 1.165) is 17.5 Å². The molecule has 0 atom stereocenters. The van der Waals surface area contributed by atoms with Crippen molar-refractivity contribution in [2.24, 2.45) is 5.10 Å². The number of hydrogen-bond acceptors (Lipinski definition) is 6. The topological polar surface area (TPSA) is 67.5 Å². The predicted molar refractivity (Wildman–Crippen MR) is 106 cm³/mol. The van der Waals surface area contributed by atoms with Crippen LogP contribution in [0.15, 0.2) is 74.3 Å². The lowest BCUT2D eigenvalue weighted by molar-refractivity contribution is -0.137. The van der Waals surface area contributed by atoms with E-state index in [1.165, 1.54) is 29.7 Å². The Balaban J connectivity index is 1.49. The van der Waals surface area contributed by atoms with Gasteiger partial charge in [-0.3, -0.25) is 5.43 Å². The zero-order valence-corrected chi connectivity index (χ0v) is 15.4. The Labute approximate surface area is 166 Å². The molecule has 0 aliphatic heterocycles. The average molecular weight is 415 g/mol. The van der Waals surface area contributed by atoms with Crippen molar-refractivity contribution < 1.29 is 17.6 Å². The first-order valence-corrected chi connectivity index (χ1v) is 9.23. The van der Waals surface area contributed by atoms with Crippen LogP contribution in [0.4, 0.5) is 18.3 Å². The lowest BCUT2D eigenvalue weighted by Gasteiger charge is -2.05. The van der Waals surface area contributed by atoms with Gasteiger partial charge < -0.3 is 4.42 Å². The number of aromatic nitrogens is 1.